The van der Waals surface area contributed by atoms with E-state index in [1.807, 2.05) is 73.7 Å². The van der Waals surface area contributed by atoms with Gasteiger partial charge in [0.2, 0.25) is 0 Å². The van der Waals surface area contributed by atoms with Crippen molar-refractivity contribution in [2.45, 2.75) is 13.5 Å². The fourth-order valence-corrected chi connectivity index (χ4v) is 3.43. The zero-order valence-electron chi connectivity index (χ0n) is 17.5. The second-order valence-corrected chi connectivity index (χ2v) is 6.90. The van der Waals surface area contributed by atoms with Gasteiger partial charge in [-0.05, 0) is 54.1 Å². The molecule has 31 heavy (non-hydrogen) atoms. The van der Waals surface area contributed by atoms with Crippen LogP contribution >= 0.6 is 0 Å². The Balaban J connectivity index is 1.56. The van der Waals surface area contributed by atoms with Crippen LogP contribution in [0.15, 0.2) is 73.1 Å². The highest BCUT2D eigenvalue weighted by Gasteiger charge is 2.17. The molecule has 1 N–H and O–H groups in total. The Bertz CT molecular complexity index is 1210. The number of nitrogens with one attached hydrogen (secondary N) is 1. The highest BCUT2D eigenvalue weighted by Crippen LogP contribution is 2.28. The molecule has 4 aromatic rings. The number of rotatable bonds is 7. The summed E-state index contributed by atoms with van der Waals surface area (Å²) in [6.07, 6.45) is 1.50. The number of amides is 1. The number of carbonyl (C=O) groups excluding carboxylic acids is 1. The van der Waals surface area contributed by atoms with Gasteiger partial charge in [-0.2, -0.15) is 0 Å². The van der Waals surface area contributed by atoms with Crippen molar-refractivity contribution < 1.29 is 14.3 Å². The molecule has 1 aromatic heterocycles. The van der Waals surface area contributed by atoms with Crippen LogP contribution in [0, 0.1) is 0 Å². The van der Waals surface area contributed by atoms with Crippen LogP contribution in [0.25, 0.3) is 22.0 Å². The SMILES string of the molecule is CCOc1ccc2ccccc2c1C(=O)NCc1cc(-c2ccc(OC)cc2)ncn1. The van der Waals surface area contributed by atoms with Crippen molar-refractivity contribution in [2.24, 2.45) is 0 Å². The maximum Gasteiger partial charge on any atom is 0.256 e. The first kappa shape index (κ1) is 20.3. The Labute approximate surface area is 180 Å². The third-order valence-electron chi connectivity index (χ3n) is 4.96. The van der Waals surface area contributed by atoms with E-state index in [1.54, 1.807) is 7.11 Å². The van der Waals surface area contributed by atoms with E-state index in [-0.39, 0.29) is 12.5 Å². The van der Waals surface area contributed by atoms with Crippen molar-refractivity contribution in [1.82, 2.24) is 15.3 Å². The smallest absolute Gasteiger partial charge is 0.256 e. The number of hydrogen-bond donors (Lipinski definition) is 1. The fraction of sp³-hybridized carbons (Fsp3) is 0.160. The van der Waals surface area contributed by atoms with Crippen LogP contribution in [-0.4, -0.2) is 29.6 Å². The van der Waals surface area contributed by atoms with Crippen molar-refractivity contribution in [1.29, 1.82) is 0 Å². The van der Waals surface area contributed by atoms with E-state index in [0.717, 1.165) is 27.8 Å². The second-order valence-electron chi connectivity index (χ2n) is 6.90. The van der Waals surface area contributed by atoms with Gasteiger partial charge >= 0.3 is 0 Å². The molecule has 6 nitrogen and oxygen atoms in total. The standard InChI is InChI=1S/C25H23N3O3/c1-3-31-23-13-10-17-6-4-5-7-21(17)24(23)25(29)26-15-19-14-22(28-16-27-19)18-8-11-20(30-2)12-9-18/h4-14,16H,3,15H2,1-2H3,(H,26,29). The molecule has 0 spiro atoms. The number of benzene rings is 3. The highest BCUT2D eigenvalue weighted by molar-refractivity contribution is 6.09. The zero-order chi connectivity index (χ0) is 21.6. The topological polar surface area (TPSA) is 73.3 Å². The molecule has 0 unspecified atom stereocenters. The van der Waals surface area contributed by atoms with Gasteiger partial charge in [0.25, 0.3) is 5.91 Å². The van der Waals surface area contributed by atoms with E-state index in [0.29, 0.717) is 23.6 Å². The largest absolute Gasteiger partial charge is 0.497 e. The molecule has 156 valence electrons. The van der Waals surface area contributed by atoms with Crippen molar-refractivity contribution >= 4 is 16.7 Å². The Morgan fingerprint density at radius 3 is 2.58 bits per heavy atom. The molecule has 1 heterocycles. The van der Waals surface area contributed by atoms with Crippen LogP contribution in [0.5, 0.6) is 11.5 Å². The van der Waals surface area contributed by atoms with Crippen LogP contribution in [0.4, 0.5) is 0 Å². The lowest BCUT2D eigenvalue weighted by atomic mass is 10.0. The summed E-state index contributed by atoms with van der Waals surface area (Å²) in [5.41, 5.74) is 2.97. The first-order valence-electron chi connectivity index (χ1n) is 10.1. The molecule has 0 fully saturated rings. The summed E-state index contributed by atoms with van der Waals surface area (Å²) in [6.45, 7) is 2.66. The van der Waals surface area contributed by atoms with E-state index < -0.39 is 0 Å². The number of hydrogen-bond acceptors (Lipinski definition) is 5. The molecule has 0 aliphatic heterocycles. The summed E-state index contributed by atoms with van der Waals surface area (Å²) in [5.74, 6) is 1.15. The second kappa shape index (κ2) is 9.26. The Morgan fingerprint density at radius 2 is 1.81 bits per heavy atom. The summed E-state index contributed by atoms with van der Waals surface area (Å²) in [5, 5.41) is 4.81. The van der Waals surface area contributed by atoms with Gasteiger partial charge in [-0.25, -0.2) is 9.97 Å². The summed E-state index contributed by atoms with van der Waals surface area (Å²) in [6, 6.07) is 21.1. The Morgan fingerprint density at radius 1 is 1.00 bits per heavy atom. The first-order valence-corrected chi connectivity index (χ1v) is 10.1. The van der Waals surface area contributed by atoms with Gasteiger partial charge in [-0.3, -0.25) is 4.79 Å². The van der Waals surface area contributed by atoms with Crippen LogP contribution in [0.1, 0.15) is 23.0 Å². The maximum atomic E-state index is 13.1. The van der Waals surface area contributed by atoms with Gasteiger partial charge in [-0.15, -0.1) is 0 Å². The predicted octanol–water partition coefficient (Wildman–Crippen LogP) is 4.63. The first-order chi connectivity index (χ1) is 15.2. The highest BCUT2D eigenvalue weighted by atomic mass is 16.5. The lowest BCUT2D eigenvalue weighted by molar-refractivity contribution is 0.0948. The fourth-order valence-electron chi connectivity index (χ4n) is 3.43. The molecule has 0 saturated carbocycles. The Kier molecular flexibility index (Phi) is 6.08. The van der Waals surface area contributed by atoms with Gasteiger partial charge < -0.3 is 14.8 Å². The molecule has 0 atom stereocenters. The number of carbonyl (C=O) groups is 1. The monoisotopic (exact) mass is 413 g/mol. The number of nitrogens with zero attached hydrogens (tertiary/aromatic N) is 2. The van der Waals surface area contributed by atoms with Gasteiger partial charge in [-0.1, -0.05) is 30.3 Å². The molecule has 6 heteroatoms. The average molecular weight is 413 g/mol. The molecule has 4 rings (SSSR count). The third kappa shape index (κ3) is 4.48. The van der Waals surface area contributed by atoms with E-state index in [4.69, 9.17) is 9.47 Å². The number of ether oxygens (including phenoxy) is 2. The lowest BCUT2D eigenvalue weighted by Crippen LogP contribution is -2.24. The van der Waals surface area contributed by atoms with Gasteiger partial charge in [0.15, 0.2) is 0 Å². The minimum absolute atomic E-state index is 0.204. The molecular weight excluding hydrogens is 390 g/mol. The molecule has 0 bridgehead atoms. The molecule has 0 aliphatic rings. The van der Waals surface area contributed by atoms with Crippen LogP contribution in [-0.2, 0) is 6.54 Å². The average Bonchev–Trinajstić information content (AvgIpc) is 2.83. The molecule has 0 aliphatic carbocycles. The van der Waals surface area contributed by atoms with Gasteiger partial charge in [0.1, 0.15) is 17.8 Å². The van der Waals surface area contributed by atoms with Crippen LogP contribution < -0.4 is 14.8 Å². The minimum atomic E-state index is -0.204. The molecule has 0 radical (unpaired) electrons. The van der Waals surface area contributed by atoms with Crippen molar-refractivity contribution in [3.8, 4) is 22.8 Å². The number of methoxy groups -OCH3 is 1. The predicted molar refractivity (Wildman–Crippen MR) is 120 cm³/mol. The van der Waals surface area contributed by atoms with Crippen LogP contribution in [0.2, 0.25) is 0 Å². The normalized spacial score (nSPS) is 10.6. The van der Waals surface area contributed by atoms with E-state index in [1.165, 1.54) is 6.33 Å². The van der Waals surface area contributed by atoms with E-state index in [2.05, 4.69) is 15.3 Å². The van der Waals surface area contributed by atoms with Crippen molar-refractivity contribution in [3.63, 3.8) is 0 Å². The molecule has 0 saturated heterocycles. The van der Waals surface area contributed by atoms with Crippen LogP contribution in [0.3, 0.4) is 0 Å². The molecular formula is C25H23N3O3. The minimum Gasteiger partial charge on any atom is -0.497 e. The summed E-state index contributed by atoms with van der Waals surface area (Å²) in [7, 11) is 1.63. The Hall–Kier alpha value is -3.93. The molecule has 1 amide bonds. The summed E-state index contributed by atoms with van der Waals surface area (Å²) in [4.78, 5) is 21.8. The van der Waals surface area contributed by atoms with Gasteiger partial charge in [0.05, 0.1) is 37.2 Å². The van der Waals surface area contributed by atoms with E-state index >= 15 is 0 Å². The summed E-state index contributed by atoms with van der Waals surface area (Å²) >= 11 is 0. The number of fused-ring (bicyclic) bond motifs is 1. The maximum absolute atomic E-state index is 13.1. The van der Waals surface area contributed by atoms with E-state index in [9.17, 15) is 4.79 Å². The van der Waals surface area contributed by atoms with Crippen molar-refractivity contribution in [3.05, 3.63) is 84.3 Å². The van der Waals surface area contributed by atoms with Gasteiger partial charge in [0, 0.05) is 5.56 Å². The molecule has 3 aromatic carbocycles. The number of aromatic nitrogens is 2. The zero-order valence-corrected chi connectivity index (χ0v) is 17.5. The lowest BCUT2D eigenvalue weighted by Gasteiger charge is -2.13. The summed E-state index contributed by atoms with van der Waals surface area (Å²) < 4.78 is 10.9. The third-order valence-corrected chi connectivity index (χ3v) is 4.96. The van der Waals surface area contributed by atoms with Crippen molar-refractivity contribution in [2.75, 3.05) is 13.7 Å². The quantitative estimate of drug-likeness (QED) is 0.478.